The Bertz CT molecular complexity index is 896. The van der Waals surface area contributed by atoms with Crippen molar-refractivity contribution >= 4 is 22.5 Å². The molecule has 0 saturated heterocycles. The maximum atomic E-state index is 4.52. The molecule has 0 unspecified atom stereocenters. The standard InChI is InChI=1S/C20H20N4/c1-21-20(24-13-11-15-6-2-3-10-18(15)24)23-14-17-8-4-7-16-9-5-12-22-19(16)17/h2-10,12H,11,13-14H2,1H3,(H,21,23). The van der Waals surface area contributed by atoms with Crippen LogP contribution >= 0.6 is 0 Å². The molecule has 0 atom stereocenters. The van der Waals surface area contributed by atoms with Gasteiger partial charge in [0.1, 0.15) is 0 Å². The average Bonchev–Trinajstić information content (AvgIpc) is 3.07. The summed E-state index contributed by atoms with van der Waals surface area (Å²) in [6.45, 7) is 1.67. The summed E-state index contributed by atoms with van der Waals surface area (Å²) >= 11 is 0. The Morgan fingerprint density at radius 3 is 2.92 bits per heavy atom. The van der Waals surface area contributed by atoms with Gasteiger partial charge in [0, 0.05) is 37.4 Å². The van der Waals surface area contributed by atoms with E-state index in [2.05, 4.69) is 68.7 Å². The zero-order valence-corrected chi connectivity index (χ0v) is 13.7. The second kappa shape index (κ2) is 6.32. The van der Waals surface area contributed by atoms with Crippen molar-refractivity contribution in [1.82, 2.24) is 10.3 Å². The lowest BCUT2D eigenvalue weighted by molar-refractivity contribution is 0.870. The monoisotopic (exact) mass is 316 g/mol. The molecular formula is C20H20N4. The molecule has 1 aliphatic heterocycles. The van der Waals surface area contributed by atoms with Crippen LogP contribution in [0.15, 0.2) is 65.8 Å². The highest BCUT2D eigenvalue weighted by molar-refractivity contribution is 5.98. The Kier molecular flexibility index (Phi) is 3.87. The van der Waals surface area contributed by atoms with Crippen molar-refractivity contribution in [2.75, 3.05) is 18.5 Å². The summed E-state index contributed by atoms with van der Waals surface area (Å²) in [5.41, 5.74) is 4.86. The Hall–Kier alpha value is -2.88. The number of pyridine rings is 1. The van der Waals surface area contributed by atoms with Crippen LogP contribution in [0.3, 0.4) is 0 Å². The number of hydrogen-bond donors (Lipinski definition) is 1. The minimum absolute atomic E-state index is 0.708. The topological polar surface area (TPSA) is 40.5 Å². The summed E-state index contributed by atoms with van der Waals surface area (Å²) < 4.78 is 0. The number of aliphatic imine (C=N–C) groups is 1. The molecular weight excluding hydrogens is 296 g/mol. The van der Waals surface area contributed by atoms with Crippen molar-refractivity contribution in [2.24, 2.45) is 4.99 Å². The fourth-order valence-corrected chi connectivity index (χ4v) is 3.34. The molecule has 1 N–H and O–H groups in total. The van der Waals surface area contributed by atoms with Crippen molar-refractivity contribution in [3.63, 3.8) is 0 Å². The molecule has 0 spiro atoms. The lowest BCUT2D eigenvalue weighted by Crippen LogP contribution is -2.40. The molecule has 1 aliphatic rings. The molecule has 3 aromatic rings. The first-order chi connectivity index (χ1) is 11.9. The van der Waals surface area contributed by atoms with Crippen LogP contribution < -0.4 is 10.2 Å². The molecule has 4 heteroatoms. The van der Waals surface area contributed by atoms with Gasteiger partial charge in [-0.15, -0.1) is 0 Å². The number of fused-ring (bicyclic) bond motifs is 2. The molecule has 2 aromatic carbocycles. The van der Waals surface area contributed by atoms with Gasteiger partial charge in [-0.2, -0.15) is 0 Å². The van der Waals surface area contributed by atoms with E-state index in [1.54, 1.807) is 0 Å². The van der Waals surface area contributed by atoms with Crippen molar-refractivity contribution < 1.29 is 0 Å². The van der Waals surface area contributed by atoms with Gasteiger partial charge in [0.25, 0.3) is 0 Å². The van der Waals surface area contributed by atoms with E-state index in [1.165, 1.54) is 22.2 Å². The number of para-hydroxylation sites is 2. The average molecular weight is 316 g/mol. The van der Waals surface area contributed by atoms with Gasteiger partial charge in [0.05, 0.1) is 5.52 Å². The summed E-state index contributed by atoms with van der Waals surface area (Å²) in [6.07, 6.45) is 2.91. The van der Waals surface area contributed by atoms with Crippen LogP contribution in [0.25, 0.3) is 10.9 Å². The summed E-state index contributed by atoms with van der Waals surface area (Å²) in [4.78, 5) is 11.3. The van der Waals surface area contributed by atoms with Gasteiger partial charge in [0.15, 0.2) is 5.96 Å². The van der Waals surface area contributed by atoms with Crippen molar-refractivity contribution in [3.8, 4) is 0 Å². The minimum Gasteiger partial charge on any atom is -0.352 e. The predicted molar refractivity (Wildman–Crippen MR) is 99.4 cm³/mol. The van der Waals surface area contributed by atoms with Gasteiger partial charge in [-0.05, 0) is 29.7 Å². The van der Waals surface area contributed by atoms with Crippen LogP contribution in [-0.2, 0) is 13.0 Å². The maximum Gasteiger partial charge on any atom is 0.198 e. The summed E-state index contributed by atoms with van der Waals surface area (Å²) in [7, 11) is 1.84. The number of benzene rings is 2. The van der Waals surface area contributed by atoms with Crippen LogP contribution in [0.1, 0.15) is 11.1 Å². The largest absolute Gasteiger partial charge is 0.352 e. The quantitative estimate of drug-likeness (QED) is 0.582. The molecule has 0 amide bonds. The van der Waals surface area contributed by atoms with Gasteiger partial charge in [0.2, 0.25) is 0 Å². The van der Waals surface area contributed by atoms with Crippen LogP contribution in [0.2, 0.25) is 0 Å². The normalized spacial score (nSPS) is 14.0. The molecule has 24 heavy (non-hydrogen) atoms. The van der Waals surface area contributed by atoms with E-state index in [-0.39, 0.29) is 0 Å². The first-order valence-electron chi connectivity index (χ1n) is 8.25. The number of nitrogens with zero attached hydrogens (tertiary/aromatic N) is 3. The van der Waals surface area contributed by atoms with Gasteiger partial charge in [-0.1, -0.05) is 42.5 Å². The molecule has 0 saturated carbocycles. The van der Waals surface area contributed by atoms with E-state index in [1.807, 2.05) is 19.3 Å². The zero-order valence-electron chi connectivity index (χ0n) is 13.7. The van der Waals surface area contributed by atoms with Crippen molar-refractivity contribution in [1.29, 1.82) is 0 Å². The highest BCUT2D eigenvalue weighted by atomic mass is 15.3. The first-order valence-corrected chi connectivity index (χ1v) is 8.25. The molecule has 4 nitrogen and oxygen atoms in total. The molecule has 0 aliphatic carbocycles. The van der Waals surface area contributed by atoms with Crippen LogP contribution in [-0.4, -0.2) is 24.5 Å². The fourth-order valence-electron chi connectivity index (χ4n) is 3.34. The molecule has 0 bridgehead atoms. The van der Waals surface area contributed by atoms with Crippen LogP contribution in [0, 0.1) is 0 Å². The minimum atomic E-state index is 0.708. The smallest absolute Gasteiger partial charge is 0.198 e. The molecule has 4 rings (SSSR count). The number of rotatable bonds is 2. The number of hydrogen-bond acceptors (Lipinski definition) is 2. The Morgan fingerprint density at radius 2 is 2.00 bits per heavy atom. The number of nitrogens with one attached hydrogen (secondary N) is 1. The SMILES string of the molecule is CN=C(NCc1cccc2cccnc12)N1CCc2ccccc21. The summed E-state index contributed by atoms with van der Waals surface area (Å²) in [5, 5.41) is 4.66. The lowest BCUT2D eigenvalue weighted by Gasteiger charge is -2.22. The van der Waals surface area contributed by atoms with Crippen molar-refractivity contribution in [2.45, 2.75) is 13.0 Å². The third-order valence-corrected chi connectivity index (χ3v) is 4.51. The summed E-state index contributed by atoms with van der Waals surface area (Å²) in [6, 6.07) is 18.9. The van der Waals surface area contributed by atoms with Crippen LogP contribution in [0.5, 0.6) is 0 Å². The number of anilines is 1. The van der Waals surface area contributed by atoms with Gasteiger partial charge >= 0.3 is 0 Å². The second-order valence-corrected chi connectivity index (χ2v) is 5.92. The van der Waals surface area contributed by atoms with Gasteiger partial charge < -0.3 is 10.2 Å². The Labute approximate surface area is 141 Å². The zero-order chi connectivity index (χ0) is 16.4. The van der Waals surface area contributed by atoms with Gasteiger partial charge in [-0.3, -0.25) is 9.98 Å². The molecule has 0 fully saturated rings. The molecule has 1 aromatic heterocycles. The molecule has 2 heterocycles. The van der Waals surface area contributed by atoms with E-state index in [0.29, 0.717) is 6.54 Å². The molecule has 120 valence electrons. The van der Waals surface area contributed by atoms with E-state index in [0.717, 1.165) is 24.4 Å². The molecule has 0 radical (unpaired) electrons. The third-order valence-electron chi connectivity index (χ3n) is 4.51. The Morgan fingerprint density at radius 1 is 1.12 bits per heavy atom. The van der Waals surface area contributed by atoms with E-state index < -0.39 is 0 Å². The third kappa shape index (κ3) is 2.60. The van der Waals surface area contributed by atoms with Crippen LogP contribution in [0.4, 0.5) is 5.69 Å². The van der Waals surface area contributed by atoms with Gasteiger partial charge in [-0.25, -0.2) is 0 Å². The fraction of sp³-hybridized carbons (Fsp3) is 0.200. The first kappa shape index (κ1) is 14.7. The maximum absolute atomic E-state index is 4.52. The number of aromatic nitrogens is 1. The van der Waals surface area contributed by atoms with E-state index in [9.17, 15) is 0 Å². The van der Waals surface area contributed by atoms with E-state index in [4.69, 9.17) is 0 Å². The second-order valence-electron chi connectivity index (χ2n) is 5.92. The predicted octanol–water partition coefficient (Wildman–Crippen LogP) is 3.37. The lowest BCUT2D eigenvalue weighted by atomic mass is 10.1. The number of guanidine groups is 1. The highest BCUT2D eigenvalue weighted by Crippen LogP contribution is 2.27. The van der Waals surface area contributed by atoms with Crippen molar-refractivity contribution in [3.05, 3.63) is 71.9 Å². The summed E-state index contributed by atoms with van der Waals surface area (Å²) in [5.74, 6) is 0.910. The highest BCUT2D eigenvalue weighted by Gasteiger charge is 2.22. The Balaban J connectivity index is 1.56. The van der Waals surface area contributed by atoms with E-state index >= 15 is 0 Å².